The Morgan fingerprint density at radius 1 is 1.10 bits per heavy atom. The van der Waals surface area contributed by atoms with E-state index in [0.717, 1.165) is 66.8 Å². The van der Waals surface area contributed by atoms with Crippen LogP contribution in [-0.2, 0) is 25.7 Å². The van der Waals surface area contributed by atoms with Gasteiger partial charge >= 0.3 is 0 Å². The number of anilines is 1. The second-order valence-electron chi connectivity index (χ2n) is 8.43. The van der Waals surface area contributed by atoms with Crippen LogP contribution in [0.2, 0.25) is 5.02 Å². The fraction of sp³-hybridized carbons (Fsp3) is 0.417. The molecule has 3 N–H and O–H groups in total. The molecule has 1 unspecified atom stereocenters. The molecular weight excluding hydrogens is 396 g/mol. The summed E-state index contributed by atoms with van der Waals surface area (Å²) in [7, 11) is 0. The van der Waals surface area contributed by atoms with Gasteiger partial charge in [-0.3, -0.25) is 9.78 Å². The largest absolute Gasteiger partial charge is 0.383 e. The lowest BCUT2D eigenvalue weighted by Gasteiger charge is -2.26. The molecule has 0 fully saturated rings. The van der Waals surface area contributed by atoms with E-state index in [-0.39, 0.29) is 5.56 Å². The van der Waals surface area contributed by atoms with Crippen molar-refractivity contribution in [3.05, 3.63) is 68.2 Å². The van der Waals surface area contributed by atoms with Crippen LogP contribution < -0.4 is 16.2 Å². The molecule has 0 spiro atoms. The van der Waals surface area contributed by atoms with Gasteiger partial charge in [0, 0.05) is 52.7 Å². The molecule has 5 rings (SSSR count). The van der Waals surface area contributed by atoms with Gasteiger partial charge in [0.05, 0.1) is 5.52 Å². The van der Waals surface area contributed by atoms with E-state index in [2.05, 4.69) is 21.7 Å². The van der Waals surface area contributed by atoms with Crippen molar-refractivity contribution in [2.75, 3.05) is 18.4 Å². The van der Waals surface area contributed by atoms with Gasteiger partial charge in [-0.05, 0) is 74.3 Å². The number of hydrogen-bond acceptors (Lipinski definition) is 4. The van der Waals surface area contributed by atoms with E-state index in [1.54, 1.807) is 6.07 Å². The molecule has 0 amide bonds. The maximum atomic E-state index is 11.5. The van der Waals surface area contributed by atoms with Gasteiger partial charge in [-0.1, -0.05) is 17.7 Å². The number of hydrogen-bond donors (Lipinski definition) is 3. The zero-order chi connectivity index (χ0) is 20.5. The summed E-state index contributed by atoms with van der Waals surface area (Å²) in [5, 5.41) is 9.30. The van der Waals surface area contributed by atoms with Crippen LogP contribution in [0.4, 0.5) is 5.69 Å². The number of pyridine rings is 2. The first kappa shape index (κ1) is 19.6. The first-order valence-corrected chi connectivity index (χ1v) is 11.3. The molecule has 6 heteroatoms. The Morgan fingerprint density at radius 3 is 2.93 bits per heavy atom. The molecule has 30 heavy (non-hydrogen) atoms. The van der Waals surface area contributed by atoms with Gasteiger partial charge in [-0.25, -0.2) is 0 Å². The molecule has 3 aromatic rings. The Bertz CT molecular complexity index is 1140. The third-order valence-corrected chi connectivity index (χ3v) is 6.63. The van der Waals surface area contributed by atoms with Crippen LogP contribution in [0.25, 0.3) is 10.9 Å². The highest BCUT2D eigenvalue weighted by atomic mass is 35.5. The van der Waals surface area contributed by atoms with Crippen LogP contribution in [0, 0.1) is 0 Å². The van der Waals surface area contributed by atoms with E-state index in [9.17, 15) is 4.79 Å². The molecule has 0 saturated carbocycles. The van der Waals surface area contributed by atoms with Gasteiger partial charge < -0.3 is 15.6 Å². The Morgan fingerprint density at radius 2 is 2.00 bits per heavy atom. The van der Waals surface area contributed by atoms with Gasteiger partial charge in [0.25, 0.3) is 0 Å². The highest BCUT2D eigenvalue weighted by Gasteiger charge is 2.20. The lowest BCUT2D eigenvalue weighted by molar-refractivity contribution is 0.461. The Kier molecular flexibility index (Phi) is 5.48. The van der Waals surface area contributed by atoms with E-state index in [4.69, 9.17) is 16.6 Å². The van der Waals surface area contributed by atoms with E-state index in [0.29, 0.717) is 6.04 Å². The van der Waals surface area contributed by atoms with Crippen LogP contribution in [0.3, 0.4) is 0 Å². The van der Waals surface area contributed by atoms with Gasteiger partial charge in [0.2, 0.25) is 5.56 Å². The van der Waals surface area contributed by atoms with E-state index < -0.39 is 0 Å². The zero-order valence-corrected chi connectivity index (χ0v) is 17.8. The van der Waals surface area contributed by atoms with E-state index in [1.807, 2.05) is 18.2 Å². The van der Waals surface area contributed by atoms with Crippen molar-refractivity contribution < 1.29 is 0 Å². The summed E-state index contributed by atoms with van der Waals surface area (Å²) in [6.45, 7) is 1.76. The predicted octanol–water partition coefficient (Wildman–Crippen LogP) is 4.01. The Hall–Kier alpha value is -2.37. The number of rotatable bonds is 5. The van der Waals surface area contributed by atoms with Crippen molar-refractivity contribution in [2.45, 2.75) is 51.0 Å². The third kappa shape index (κ3) is 3.96. The maximum absolute atomic E-state index is 11.5. The molecule has 0 aliphatic heterocycles. The highest BCUT2D eigenvalue weighted by molar-refractivity contribution is 6.31. The average Bonchev–Trinajstić information content (AvgIpc) is 2.75. The molecule has 1 atom stereocenters. The molecule has 5 nitrogen and oxygen atoms in total. The summed E-state index contributed by atoms with van der Waals surface area (Å²) in [4.78, 5) is 19.4. The first-order chi connectivity index (χ1) is 14.7. The first-order valence-electron chi connectivity index (χ1n) is 11.0. The molecule has 0 bridgehead atoms. The molecule has 156 valence electrons. The number of H-pyrrole nitrogens is 1. The summed E-state index contributed by atoms with van der Waals surface area (Å²) < 4.78 is 0. The molecular formula is C24H27ClN4O. The summed E-state index contributed by atoms with van der Waals surface area (Å²) in [5.74, 6) is 0. The van der Waals surface area contributed by atoms with Crippen LogP contribution >= 0.6 is 11.6 Å². The van der Waals surface area contributed by atoms with Crippen LogP contribution in [0.15, 0.2) is 35.1 Å². The number of benzene rings is 1. The molecule has 2 heterocycles. The maximum Gasteiger partial charge on any atom is 0.248 e. The van der Waals surface area contributed by atoms with Gasteiger partial charge in [0.15, 0.2) is 0 Å². The zero-order valence-electron chi connectivity index (χ0n) is 17.1. The summed E-state index contributed by atoms with van der Waals surface area (Å²) in [6.07, 6.45) is 7.53. The number of aromatic nitrogens is 2. The Labute approximate surface area is 181 Å². The van der Waals surface area contributed by atoms with Crippen molar-refractivity contribution in [1.82, 2.24) is 15.3 Å². The second-order valence-corrected chi connectivity index (χ2v) is 8.86. The monoisotopic (exact) mass is 422 g/mol. The number of aromatic amines is 1. The van der Waals surface area contributed by atoms with E-state index in [1.165, 1.54) is 35.3 Å². The highest BCUT2D eigenvalue weighted by Crippen LogP contribution is 2.34. The average molecular weight is 423 g/mol. The molecule has 2 aliphatic carbocycles. The predicted molar refractivity (Wildman–Crippen MR) is 123 cm³/mol. The van der Waals surface area contributed by atoms with Crippen molar-refractivity contribution in [3.63, 3.8) is 0 Å². The number of nitrogens with one attached hydrogen (secondary N) is 3. The fourth-order valence-corrected chi connectivity index (χ4v) is 5.05. The molecule has 0 saturated heterocycles. The quantitative estimate of drug-likeness (QED) is 0.543. The normalized spacial score (nSPS) is 18.1. The smallest absolute Gasteiger partial charge is 0.248 e. The lowest BCUT2D eigenvalue weighted by atomic mass is 9.92. The molecule has 1 aromatic carbocycles. The van der Waals surface area contributed by atoms with Crippen molar-refractivity contribution in [1.29, 1.82) is 0 Å². The van der Waals surface area contributed by atoms with Crippen molar-refractivity contribution in [3.8, 4) is 0 Å². The molecule has 0 radical (unpaired) electrons. The Balaban J connectivity index is 1.27. The third-order valence-electron chi connectivity index (χ3n) is 6.39. The fourth-order valence-electron chi connectivity index (χ4n) is 4.89. The van der Waals surface area contributed by atoms with Crippen molar-refractivity contribution in [2.24, 2.45) is 0 Å². The minimum atomic E-state index is -0.00134. The number of nitrogens with zero attached hydrogens (tertiary/aromatic N) is 1. The van der Waals surface area contributed by atoms with Gasteiger partial charge in [-0.15, -0.1) is 0 Å². The molecule has 2 aromatic heterocycles. The van der Waals surface area contributed by atoms with Crippen LogP contribution in [0.1, 0.15) is 41.8 Å². The standard InChI is InChI=1S/C24H27ClN4O/c25-16-6-8-19-22(14-16)28-21-4-2-1-3-18(21)24(19)27-12-11-26-17-7-9-20-15(13-17)5-10-23(30)29-20/h5-6,8,10,14,17,26H,1-4,7,9,11-13H2,(H,27,28)(H,29,30). The minimum absolute atomic E-state index is 0.00134. The molecule has 2 aliphatic rings. The van der Waals surface area contributed by atoms with Crippen molar-refractivity contribution >= 4 is 28.2 Å². The number of fused-ring (bicyclic) bond motifs is 3. The second kappa shape index (κ2) is 8.40. The summed E-state index contributed by atoms with van der Waals surface area (Å²) in [6, 6.07) is 10.1. The minimum Gasteiger partial charge on any atom is -0.383 e. The number of aryl methyl sites for hydroxylation is 2. The summed E-state index contributed by atoms with van der Waals surface area (Å²) in [5.41, 5.74) is 7.19. The summed E-state index contributed by atoms with van der Waals surface area (Å²) >= 11 is 6.22. The van der Waals surface area contributed by atoms with Gasteiger partial charge in [0.1, 0.15) is 0 Å². The van der Waals surface area contributed by atoms with Crippen LogP contribution in [-0.4, -0.2) is 29.1 Å². The van der Waals surface area contributed by atoms with E-state index >= 15 is 0 Å². The SMILES string of the molecule is O=c1ccc2c([nH]1)CCC(NCCNc1c3c(nc4cc(Cl)ccc14)CCCC3)C2. The van der Waals surface area contributed by atoms with Crippen LogP contribution in [0.5, 0.6) is 0 Å². The number of halogens is 1. The lowest BCUT2D eigenvalue weighted by Crippen LogP contribution is -2.38. The topological polar surface area (TPSA) is 69.8 Å². The van der Waals surface area contributed by atoms with Gasteiger partial charge in [-0.2, -0.15) is 0 Å².